The van der Waals surface area contributed by atoms with Gasteiger partial charge in [-0.05, 0) is 35.4 Å². The molecule has 0 aromatic heterocycles. The summed E-state index contributed by atoms with van der Waals surface area (Å²) >= 11 is 0. The molecule has 2 aromatic rings. The minimum absolute atomic E-state index is 0.731. The Bertz CT molecular complexity index is 596. The fourth-order valence-electron chi connectivity index (χ4n) is 2.40. The lowest BCUT2D eigenvalue weighted by Crippen LogP contribution is -1.85. The lowest BCUT2D eigenvalue weighted by Gasteiger charge is -1.97. The van der Waals surface area contributed by atoms with Crippen molar-refractivity contribution in [2.24, 2.45) is 0 Å². The Hall–Kier alpha value is -2.29. The van der Waals surface area contributed by atoms with Gasteiger partial charge in [0.15, 0.2) is 0 Å². The van der Waals surface area contributed by atoms with Crippen LogP contribution in [-0.2, 0) is 12.8 Å². The summed E-state index contributed by atoms with van der Waals surface area (Å²) in [6.07, 6.45) is 2.87. The Morgan fingerprint density at radius 3 is 2.30 bits per heavy atom. The fourth-order valence-corrected chi connectivity index (χ4v) is 2.40. The normalized spacial score (nSPS) is 14.2. The van der Waals surface area contributed by atoms with Crippen molar-refractivity contribution in [2.45, 2.75) is 12.8 Å². The molecule has 3 nitrogen and oxygen atoms in total. The van der Waals surface area contributed by atoms with Crippen molar-refractivity contribution in [1.29, 1.82) is 0 Å². The van der Waals surface area contributed by atoms with E-state index in [-0.39, 0.29) is 0 Å². The number of carbonyl (C=O) groups excluding carboxylic acids is 1. The second kappa shape index (κ2) is 5.78. The molecule has 2 aromatic carbocycles. The van der Waals surface area contributed by atoms with Crippen LogP contribution < -0.4 is 9.47 Å². The molecular weight excluding hydrogens is 252 g/mol. The first-order chi connectivity index (χ1) is 9.86. The Kier molecular flexibility index (Phi) is 3.68. The minimum Gasteiger partial charge on any atom is -0.493 e. The zero-order valence-corrected chi connectivity index (χ0v) is 11.2. The molecular formula is C17H16O3. The number of carbonyl (C=O) groups is 1. The van der Waals surface area contributed by atoms with Crippen LogP contribution in [0.4, 0.5) is 0 Å². The summed E-state index contributed by atoms with van der Waals surface area (Å²) in [6.45, 7) is 1.61. The number of fused-ring (bicyclic) bond motifs is 2. The van der Waals surface area contributed by atoms with Gasteiger partial charge in [-0.25, -0.2) is 0 Å². The quantitative estimate of drug-likeness (QED) is 0.746. The Labute approximate surface area is 118 Å². The predicted octanol–water partition coefficient (Wildman–Crippen LogP) is 3.06. The third-order valence-corrected chi connectivity index (χ3v) is 3.45. The Balaban J connectivity index is 0.000000123. The van der Waals surface area contributed by atoms with E-state index < -0.39 is 0 Å². The zero-order chi connectivity index (χ0) is 13.8. The fraction of sp³-hybridized carbons (Fsp3) is 0.235. The van der Waals surface area contributed by atoms with Gasteiger partial charge >= 0.3 is 0 Å². The Morgan fingerprint density at radius 1 is 0.850 bits per heavy atom. The molecule has 2 aliphatic heterocycles. The molecule has 4 rings (SSSR count). The van der Waals surface area contributed by atoms with Crippen LogP contribution in [0.15, 0.2) is 42.5 Å². The van der Waals surface area contributed by atoms with Crippen LogP contribution in [0.25, 0.3) is 0 Å². The van der Waals surface area contributed by atoms with Gasteiger partial charge in [0.1, 0.15) is 17.8 Å². The third kappa shape index (κ3) is 2.67. The smallest absolute Gasteiger partial charge is 0.150 e. The lowest BCUT2D eigenvalue weighted by atomic mass is 10.1. The van der Waals surface area contributed by atoms with E-state index in [0.717, 1.165) is 55.0 Å². The van der Waals surface area contributed by atoms with Crippen molar-refractivity contribution in [3.05, 3.63) is 59.2 Å². The number of benzene rings is 2. The molecule has 0 radical (unpaired) electrons. The van der Waals surface area contributed by atoms with Gasteiger partial charge in [-0.1, -0.05) is 18.2 Å². The summed E-state index contributed by atoms with van der Waals surface area (Å²) in [5.74, 6) is 1.99. The average molecular weight is 268 g/mol. The van der Waals surface area contributed by atoms with E-state index in [1.54, 1.807) is 6.07 Å². The maximum Gasteiger partial charge on any atom is 0.150 e. The van der Waals surface area contributed by atoms with Crippen LogP contribution in [0.3, 0.4) is 0 Å². The summed E-state index contributed by atoms with van der Waals surface area (Å²) < 4.78 is 10.6. The summed E-state index contributed by atoms with van der Waals surface area (Å²) in [5.41, 5.74) is 3.22. The molecule has 2 aliphatic rings. The van der Waals surface area contributed by atoms with Crippen molar-refractivity contribution in [3.63, 3.8) is 0 Å². The molecule has 102 valence electrons. The molecule has 0 spiro atoms. The molecule has 0 amide bonds. The highest BCUT2D eigenvalue weighted by atomic mass is 16.5. The summed E-state index contributed by atoms with van der Waals surface area (Å²) in [6, 6.07) is 13.7. The second-order valence-corrected chi connectivity index (χ2v) is 4.79. The maximum atomic E-state index is 10.4. The monoisotopic (exact) mass is 268 g/mol. The third-order valence-electron chi connectivity index (χ3n) is 3.45. The van der Waals surface area contributed by atoms with E-state index in [1.165, 1.54) is 5.56 Å². The van der Waals surface area contributed by atoms with Crippen molar-refractivity contribution in [1.82, 2.24) is 0 Å². The van der Waals surface area contributed by atoms with E-state index in [9.17, 15) is 4.79 Å². The number of aldehydes is 1. The van der Waals surface area contributed by atoms with Crippen LogP contribution in [0.1, 0.15) is 21.5 Å². The minimum atomic E-state index is 0.731. The van der Waals surface area contributed by atoms with E-state index in [4.69, 9.17) is 9.47 Å². The van der Waals surface area contributed by atoms with E-state index in [1.807, 2.05) is 30.3 Å². The molecule has 0 bridgehead atoms. The summed E-state index contributed by atoms with van der Waals surface area (Å²) in [5, 5.41) is 0. The standard InChI is InChI=1S/C9H8O2.C8H8O/c10-6-7-1-2-9-8(5-7)3-4-11-9;1-2-4-8-7(3-1)5-6-9-8/h1-2,5-6H,3-4H2;1-4H,5-6H2. The highest BCUT2D eigenvalue weighted by molar-refractivity contribution is 5.75. The number of ether oxygens (including phenoxy) is 2. The molecule has 3 heteroatoms. The largest absolute Gasteiger partial charge is 0.493 e. The van der Waals surface area contributed by atoms with Crippen LogP contribution in [0, 0.1) is 0 Å². The van der Waals surface area contributed by atoms with Crippen molar-refractivity contribution in [2.75, 3.05) is 13.2 Å². The van der Waals surface area contributed by atoms with Gasteiger partial charge in [-0.15, -0.1) is 0 Å². The van der Waals surface area contributed by atoms with Crippen molar-refractivity contribution < 1.29 is 14.3 Å². The maximum absolute atomic E-state index is 10.4. The van der Waals surface area contributed by atoms with Gasteiger partial charge in [0.05, 0.1) is 13.2 Å². The van der Waals surface area contributed by atoms with Gasteiger partial charge in [-0.2, -0.15) is 0 Å². The molecule has 2 heterocycles. The van der Waals surface area contributed by atoms with Crippen LogP contribution in [0.2, 0.25) is 0 Å². The highest BCUT2D eigenvalue weighted by Gasteiger charge is 2.11. The first-order valence-corrected chi connectivity index (χ1v) is 6.78. The van der Waals surface area contributed by atoms with Gasteiger partial charge in [0.2, 0.25) is 0 Å². The van der Waals surface area contributed by atoms with Crippen molar-refractivity contribution in [3.8, 4) is 11.5 Å². The zero-order valence-electron chi connectivity index (χ0n) is 11.2. The molecule has 0 aliphatic carbocycles. The molecule has 0 unspecified atom stereocenters. The second-order valence-electron chi connectivity index (χ2n) is 4.79. The summed E-state index contributed by atoms with van der Waals surface area (Å²) in [4.78, 5) is 10.4. The van der Waals surface area contributed by atoms with Crippen LogP contribution >= 0.6 is 0 Å². The number of para-hydroxylation sites is 1. The van der Waals surface area contributed by atoms with Gasteiger partial charge in [-0.3, -0.25) is 4.79 Å². The average Bonchev–Trinajstić information content (AvgIpc) is 3.15. The molecule has 0 saturated carbocycles. The van der Waals surface area contributed by atoms with Crippen LogP contribution in [-0.4, -0.2) is 19.5 Å². The molecule has 0 atom stereocenters. The van der Waals surface area contributed by atoms with E-state index in [2.05, 4.69) is 6.07 Å². The SMILES string of the molecule is O=Cc1ccc2c(c1)CCO2.c1ccc2c(c1)CCO2. The molecule has 0 saturated heterocycles. The molecule has 0 N–H and O–H groups in total. The van der Waals surface area contributed by atoms with Gasteiger partial charge in [0, 0.05) is 18.4 Å². The Morgan fingerprint density at radius 2 is 1.55 bits per heavy atom. The van der Waals surface area contributed by atoms with E-state index in [0.29, 0.717) is 0 Å². The van der Waals surface area contributed by atoms with Crippen molar-refractivity contribution >= 4 is 6.29 Å². The predicted molar refractivity (Wildman–Crippen MR) is 76.7 cm³/mol. The highest BCUT2D eigenvalue weighted by Crippen LogP contribution is 2.25. The topological polar surface area (TPSA) is 35.5 Å². The van der Waals surface area contributed by atoms with Crippen LogP contribution in [0.5, 0.6) is 11.5 Å². The molecule has 0 fully saturated rings. The first-order valence-electron chi connectivity index (χ1n) is 6.78. The first kappa shape index (κ1) is 12.7. The number of hydrogen-bond acceptors (Lipinski definition) is 3. The van der Waals surface area contributed by atoms with Gasteiger partial charge < -0.3 is 9.47 Å². The number of rotatable bonds is 1. The van der Waals surface area contributed by atoms with Gasteiger partial charge in [0.25, 0.3) is 0 Å². The lowest BCUT2D eigenvalue weighted by molar-refractivity contribution is 0.112. The van der Waals surface area contributed by atoms with E-state index >= 15 is 0 Å². The summed E-state index contributed by atoms with van der Waals surface area (Å²) in [7, 11) is 0. The number of hydrogen-bond donors (Lipinski definition) is 0. The molecule has 20 heavy (non-hydrogen) atoms.